The van der Waals surface area contributed by atoms with E-state index < -0.39 is 5.54 Å². The zero-order chi connectivity index (χ0) is 12.2. The molecular formula is C11H17N3O2. The van der Waals surface area contributed by atoms with E-state index in [1.54, 1.807) is 18.3 Å². The van der Waals surface area contributed by atoms with Gasteiger partial charge in [-0.3, -0.25) is 4.79 Å². The molecule has 5 nitrogen and oxygen atoms in total. The van der Waals surface area contributed by atoms with Gasteiger partial charge in [-0.25, -0.2) is 4.98 Å². The average molecular weight is 223 g/mol. The van der Waals surface area contributed by atoms with Crippen LogP contribution in [0.1, 0.15) is 24.2 Å². The largest absolute Gasteiger partial charge is 0.480 e. The summed E-state index contributed by atoms with van der Waals surface area (Å²) in [6.45, 7) is 4.07. The Kier molecular flexibility index (Phi) is 3.84. The highest BCUT2D eigenvalue weighted by Gasteiger charge is 2.16. The van der Waals surface area contributed by atoms with Crippen LogP contribution in [0.3, 0.4) is 0 Å². The maximum atomic E-state index is 11.8. The van der Waals surface area contributed by atoms with E-state index >= 15 is 0 Å². The maximum Gasteiger partial charge on any atom is 0.256 e. The van der Waals surface area contributed by atoms with E-state index in [9.17, 15) is 4.79 Å². The molecule has 1 amide bonds. The van der Waals surface area contributed by atoms with Crippen molar-refractivity contribution in [3.05, 3.63) is 23.9 Å². The maximum absolute atomic E-state index is 11.8. The van der Waals surface area contributed by atoms with Crippen LogP contribution in [0.25, 0.3) is 0 Å². The highest BCUT2D eigenvalue weighted by atomic mass is 16.5. The minimum absolute atomic E-state index is 0.233. The Morgan fingerprint density at radius 3 is 2.88 bits per heavy atom. The molecule has 0 bridgehead atoms. The van der Waals surface area contributed by atoms with Crippen molar-refractivity contribution >= 4 is 5.91 Å². The van der Waals surface area contributed by atoms with Crippen LogP contribution < -0.4 is 15.8 Å². The van der Waals surface area contributed by atoms with Gasteiger partial charge in [-0.1, -0.05) is 0 Å². The van der Waals surface area contributed by atoms with Gasteiger partial charge in [0.1, 0.15) is 5.56 Å². The number of methoxy groups -OCH3 is 1. The molecular weight excluding hydrogens is 206 g/mol. The van der Waals surface area contributed by atoms with E-state index in [-0.39, 0.29) is 5.91 Å². The van der Waals surface area contributed by atoms with Gasteiger partial charge in [0, 0.05) is 18.3 Å². The quantitative estimate of drug-likeness (QED) is 0.781. The Bertz CT molecular complexity index is 372. The molecule has 0 fully saturated rings. The third-order valence-electron chi connectivity index (χ3n) is 1.91. The number of nitrogens with one attached hydrogen (secondary N) is 1. The van der Waals surface area contributed by atoms with Crippen LogP contribution in [0.5, 0.6) is 5.88 Å². The first-order chi connectivity index (χ1) is 7.44. The zero-order valence-electron chi connectivity index (χ0n) is 9.78. The van der Waals surface area contributed by atoms with Crippen molar-refractivity contribution in [1.82, 2.24) is 10.3 Å². The van der Waals surface area contributed by atoms with E-state index in [4.69, 9.17) is 10.5 Å². The van der Waals surface area contributed by atoms with Crippen LogP contribution in [0, 0.1) is 0 Å². The van der Waals surface area contributed by atoms with Crippen LogP contribution in [-0.4, -0.2) is 30.1 Å². The Balaban J connectivity index is 2.73. The van der Waals surface area contributed by atoms with E-state index in [1.165, 1.54) is 7.11 Å². The van der Waals surface area contributed by atoms with E-state index in [1.807, 2.05) is 13.8 Å². The van der Waals surface area contributed by atoms with E-state index in [0.717, 1.165) is 0 Å². The number of amides is 1. The van der Waals surface area contributed by atoms with Gasteiger partial charge in [0.25, 0.3) is 5.91 Å². The number of carbonyl (C=O) groups is 1. The Morgan fingerprint density at radius 1 is 1.62 bits per heavy atom. The van der Waals surface area contributed by atoms with Gasteiger partial charge in [0.05, 0.1) is 7.11 Å². The Hall–Kier alpha value is -1.62. The molecule has 0 atom stereocenters. The lowest BCUT2D eigenvalue weighted by Gasteiger charge is -2.19. The van der Waals surface area contributed by atoms with E-state index in [2.05, 4.69) is 10.3 Å². The van der Waals surface area contributed by atoms with Gasteiger partial charge < -0.3 is 15.8 Å². The van der Waals surface area contributed by atoms with Crippen molar-refractivity contribution in [2.24, 2.45) is 5.73 Å². The van der Waals surface area contributed by atoms with Crippen LogP contribution >= 0.6 is 0 Å². The molecule has 16 heavy (non-hydrogen) atoms. The van der Waals surface area contributed by atoms with E-state index in [0.29, 0.717) is 18.0 Å². The number of hydrogen-bond acceptors (Lipinski definition) is 4. The fourth-order valence-electron chi connectivity index (χ4n) is 1.13. The number of pyridine rings is 1. The number of carbonyl (C=O) groups excluding carboxylic acids is 1. The summed E-state index contributed by atoms with van der Waals surface area (Å²) in [6, 6.07) is 3.34. The number of ether oxygens (including phenoxy) is 1. The first-order valence-corrected chi connectivity index (χ1v) is 5.00. The lowest BCUT2D eigenvalue weighted by molar-refractivity contribution is 0.0942. The smallest absolute Gasteiger partial charge is 0.256 e. The molecule has 0 spiro atoms. The predicted molar refractivity (Wildman–Crippen MR) is 61.4 cm³/mol. The fraction of sp³-hybridized carbons (Fsp3) is 0.455. The Morgan fingerprint density at radius 2 is 2.31 bits per heavy atom. The molecule has 1 aromatic rings. The highest BCUT2D eigenvalue weighted by molar-refractivity contribution is 5.96. The third kappa shape index (κ3) is 3.51. The second kappa shape index (κ2) is 4.94. The first kappa shape index (κ1) is 12.4. The molecule has 0 unspecified atom stereocenters. The van der Waals surface area contributed by atoms with Gasteiger partial charge >= 0.3 is 0 Å². The summed E-state index contributed by atoms with van der Waals surface area (Å²) < 4.78 is 5.00. The zero-order valence-corrected chi connectivity index (χ0v) is 9.78. The molecule has 5 heteroatoms. The molecule has 88 valence electrons. The summed E-state index contributed by atoms with van der Waals surface area (Å²) in [4.78, 5) is 15.7. The lowest BCUT2D eigenvalue weighted by atomic mass is 10.1. The number of hydrogen-bond donors (Lipinski definition) is 2. The molecule has 0 radical (unpaired) electrons. The molecule has 3 N–H and O–H groups in total. The molecule has 1 rings (SSSR count). The van der Waals surface area contributed by atoms with Crippen LogP contribution in [0.15, 0.2) is 18.3 Å². The van der Waals surface area contributed by atoms with Gasteiger partial charge in [-0.2, -0.15) is 0 Å². The summed E-state index contributed by atoms with van der Waals surface area (Å²) in [5.74, 6) is 0.0818. The van der Waals surface area contributed by atoms with Crippen molar-refractivity contribution < 1.29 is 9.53 Å². The second-order valence-corrected chi connectivity index (χ2v) is 4.23. The molecule has 1 heterocycles. The number of rotatable bonds is 4. The van der Waals surface area contributed by atoms with Crippen molar-refractivity contribution in [3.8, 4) is 5.88 Å². The van der Waals surface area contributed by atoms with Crippen LogP contribution in [-0.2, 0) is 0 Å². The van der Waals surface area contributed by atoms with Gasteiger partial charge in [0.2, 0.25) is 5.88 Å². The minimum Gasteiger partial charge on any atom is -0.480 e. The molecule has 0 saturated heterocycles. The third-order valence-corrected chi connectivity index (χ3v) is 1.91. The minimum atomic E-state index is -0.439. The van der Waals surface area contributed by atoms with Gasteiger partial charge in [-0.15, -0.1) is 0 Å². The van der Waals surface area contributed by atoms with Gasteiger partial charge in [0.15, 0.2) is 0 Å². The molecule has 0 aliphatic heterocycles. The monoisotopic (exact) mass is 223 g/mol. The summed E-state index contributed by atoms with van der Waals surface area (Å²) in [5, 5.41) is 2.73. The van der Waals surface area contributed by atoms with Crippen LogP contribution in [0.4, 0.5) is 0 Å². The normalized spacial score (nSPS) is 11.0. The van der Waals surface area contributed by atoms with Crippen molar-refractivity contribution in [3.63, 3.8) is 0 Å². The highest BCUT2D eigenvalue weighted by Crippen LogP contribution is 2.13. The summed E-state index contributed by atoms with van der Waals surface area (Å²) in [5.41, 5.74) is 5.74. The molecule has 0 saturated carbocycles. The van der Waals surface area contributed by atoms with Crippen molar-refractivity contribution in [2.45, 2.75) is 19.4 Å². The molecule has 1 aromatic heterocycles. The lowest BCUT2D eigenvalue weighted by Crippen LogP contribution is -2.45. The number of nitrogens with zero attached hydrogens (tertiary/aromatic N) is 1. The second-order valence-electron chi connectivity index (χ2n) is 4.23. The SMILES string of the molecule is COc1ncccc1C(=O)NCC(C)(C)N. The summed E-state index contributed by atoms with van der Waals surface area (Å²) in [6.07, 6.45) is 1.57. The standard InChI is InChI=1S/C11H17N3O2/c1-11(2,12)7-14-9(15)8-5-4-6-13-10(8)16-3/h4-6H,7,12H2,1-3H3,(H,14,15). The average Bonchev–Trinajstić information content (AvgIpc) is 2.25. The Labute approximate surface area is 95.0 Å². The van der Waals surface area contributed by atoms with Gasteiger partial charge in [-0.05, 0) is 26.0 Å². The summed E-state index contributed by atoms with van der Waals surface area (Å²) >= 11 is 0. The van der Waals surface area contributed by atoms with Crippen LogP contribution in [0.2, 0.25) is 0 Å². The molecule has 0 aliphatic rings. The molecule has 0 aliphatic carbocycles. The number of nitrogens with two attached hydrogens (primary N) is 1. The first-order valence-electron chi connectivity index (χ1n) is 5.00. The fourth-order valence-corrected chi connectivity index (χ4v) is 1.13. The van der Waals surface area contributed by atoms with Crippen molar-refractivity contribution in [2.75, 3.05) is 13.7 Å². The topological polar surface area (TPSA) is 77.2 Å². The van der Waals surface area contributed by atoms with Crippen molar-refractivity contribution in [1.29, 1.82) is 0 Å². The summed E-state index contributed by atoms with van der Waals surface area (Å²) in [7, 11) is 1.48. The molecule has 0 aromatic carbocycles. The number of aromatic nitrogens is 1. The predicted octanol–water partition coefficient (Wildman–Crippen LogP) is 0.557.